The molecular weight excluding hydrogens is 404 g/mol. The van der Waals surface area contributed by atoms with Gasteiger partial charge in [0.15, 0.2) is 5.75 Å². The molecule has 0 bridgehead atoms. The van der Waals surface area contributed by atoms with Gasteiger partial charge in [-0.3, -0.25) is 9.59 Å². The average molecular weight is 433 g/mol. The first kappa shape index (κ1) is 20.5. The third kappa shape index (κ3) is 3.15. The number of nitrogens with one attached hydrogen (secondary N) is 1. The molecule has 1 aromatic heterocycles. The quantitative estimate of drug-likeness (QED) is 0.690. The van der Waals surface area contributed by atoms with E-state index in [4.69, 9.17) is 9.72 Å². The van der Waals surface area contributed by atoms with Gasteiger partial charge in [-0.15, -0.1) is 0 Å². The van der Waals surface area contributed by atoms with Gasteiger partial charge < -0.3 is 19.5 Å². The minimum atomic E-state index is -0.135. The second kappa shape index (κ2) is 7.65. The third-order valence-electron chi connectivity index (χ3n) is 6.93. The van der Waals surface area contributed by atoms with Gasteiger partial charge in [-0.25, -0.2) is 4.98 Å². The Labute approximate surface area is 187 Å². The van der Waals surface area contributed by atoms with E-state index in [1.54, 1.807) is 11.9 Å². The van der Waals surface area contributed by atoms with Crippen molar-refractivity contribution in [2.75, 3.05) is 20.1 Å². The minimum Gasteiger partial charge on any atom is -0.483 e. The van der Waals surface area contributed by atoms with Crippen LogP contribution in [-0.4, -0.2) is 46.4 Å². The van der Waals surface area contributed by atoms with Crippen molar-refractivity contribution < 1.29 is 14.3 Å². The van der Waals surface area contributed by atoms with Crippen LogP contribution in [0.2, 0.25) is 0 Å². The molecule has 0 unspecified atom stereocenters. The largest absolute Gasteiger partial charge is 0.483 e. The van der Waals surface area contributed by atoms with Crippen molar-refractivity contribution >= 4 is 22.8 Å². The van der Waals surface area contributed by atoms with Crippen LogP contribution in [0.4, 0.5) is 0 Å². The molecule has 2 amide bonds. The molecule has 2 aliphatic rings. The first-order chi connectivity index (χ1) is 15.4. The number of aryl methyl sites for hydroxylation is 3. The lowest BCUT2D eigenvalue weighted by molar-refractivity contribution is -0.128. The lowest BCUT2D eigenvalue weighted by Gasteiger charge is -2.39. The van der Waals surface area contributed by atoms with Crippen molar-refractivity contribution in [3.05, 3.63) is 58.4 Å². The molecule has 1 atom stereocenters. The molecule has 5 rings (SSSR count). The second-order valence-corrected chi connectivity index (χ2v) is 8.84. The van der Waals surface area contributed by atoms with E-state index in [9.17, 15) is 9.59 Å². The molecule has 1 saturated heterocycles. The molecule has 3 heterocycles. The van der Waals surface area contributed by atoms with Crippen LogP contribution < -0.4 is 10.1 Å². The van der Waals surface area contributed by atoms with Gasteiger partial charge in [0.1, 0.15) is 17.4 Å². The molecule has 3 aromatic rings. The number of carbonyl (C=O) groups excluding carboxylic acids is 2. The Hall–Kier alpha value is -3.35. The number of likely N-dealkylation sites (tertiary alicyclic amines) is 1. The third-order valence-corrected chi connectivity index (χ3v) is 6.93. The Bertz CT molecular complexity index is 1240. The van der Waals surface area contributed by atoms with E-state index in [1.165, 1.54) is 11.1 Å². The summed E-state index contributed by atoms with van der Waals surface area (Å²) in [4.78, 5) is 31.8. The fourth-order valence-electron chi connectivity index (χ4n) is 4.84. The Balaban J connectivity index is 1.55. The van der Waals surface area contributed by atoms with Gasteiger partial charge in [0.25, 0.3) is 5.91 Å². The first-order valence-electron chi connectivity index (χ1n) is 11.1. The van der Waals surface area contributed by atoms with Crippen molar-refractivity contribution in [1.29, 1.82) is 0 Å². The van der Waals surface area contributed by atoms with E-state index in [2.05, 4.69) is 24.4 Å². The van der Waals surface area contributed by atoms with Crippen molar-refractivity contribution in [1.82, 2.24) is 19.8 Å². The Morgan fingerprint density at radius 3 is 2.66 bits per heavy atom. The number of aromatic nitrogens is 2. The van der Waals surface area contributed by atoms with Gasteiger partial charge in [-0.1, -0.05) is 24.3 Å². The summed E-state index contributed by atoms with van der Waals surface area (Å²) in [6, 6.07) is 10.2. The van der Waals surface area contributed by atoms with Crippen molar-refractivity contribution in [3.8, 4) is 5.75 Å². The summed E-state index contributed by atoms with van der Waals surface area (Å²) in [6.07, 6.45) is 1.48. The Morgan fingerprint density at radius 1 is 1.19 bits per heavy atom. The van der Waals surface area contributed by atoms with Gasteiger partial charge >= 0.3 is 0 Å². The predicted octanol–water partition coefficient (Wildman–Crippen LogP) is 3.07. The lowest BCUT2D eigenvalue weighted by atomic mass is 9.90. The summed E-state index contributed by atoms with van der Waals surface area (Å²) in [7, 11) is 3.59. The Morgan fingerprint density at radius 2 is 1.94 bits per heavy atom. The van der Waals surface area contributed by atoms with Crippen molar-refractivity contribution in [3.63, 3.8) is 0 Å². The first-order valence-corrected chi connectivity index (χ1v) is 11.1. The molecule has 0 aliphatic carbocycles. The topological polar surface area (TPSA) is 76.5 Å². The molecular formula is C25H28N4O3. The predicted molar refractivity (Wildman–Crippen MR) is 122 cm³/mol. The van der Waals surface area contributed by atoms with E-state index in [0.29, 0.717) is 18.7 Å². The second-order valence-electron chi connectivity index (χ2n) is 8.84. The molecule has 0 saturated carbocycles. The molecule has 0 radical (unpaired) electrons. The molecule has 1 N–H and O–H groups in total. The van der Waals surface area contributed by atoms with Crippen LogP contribution in [0.5, 0.6) is 5.75 Å². The van der Waals surface area contributed by atoms with Gasteiger partial charge in [0.2, 0.25) is 5.91 Å². The highest BCUT2D eigenvalue weighted by atomic mass is 16.5. The van der Waals surface area contributed by atoms with E-state index in [1.807, 2.05) is 36.7 Å². The van der Waals surface area contributed by atoms with Gasteiger partial charge in [0.05, 0.1) is 11.4 Å². The maximum atomic E-state index is 13.4. The van der Waals surface area contributed by atoms with Crippen molar-refractivity contribution in [2.24, 2.45) is 13.0 Å². The monoisotopic (exact) mass is 432 g/mol. The maximum absolute atomic E-state index is 13.4. The van der Waals surface area contributed by atoms with Crippen LogP contribution in [0.3, 0.4) is 0 Å². The number of amides is 2. The van der Waals surface area contributed by atoms with Gasteiger partial charge in [-0.2, -0.15) is 0 Å². The van der Waals surface area contributed by atoms with Crippen LogP contribution >= 0.6 is 0 Å². The molecule has 32 heavy (non-hydrogen) atoms. The number of ether oxygens (including phenoxy) is 1. The number of hydrogen-bond donors (Lipinski definition) is 1. The van der Waals surface area contributed by atoms with Gasteiger partial charge in [-0.05, 0) is 43.9 Å². The number of imidazole rings is 1. The molecule has 7 nitrogen and oxygen atoms in total. The summed E-state index contributed by atoms with van der Waals surface area (Å²) in [5, 5.41) is 2.67. The van der Waals surface area contributed by atoms with Crippen LogP contribution in [0.1, 0.15) is 45.4 Å². The highest BCUT2D eigenvalue weighted by molar-refractivity contribution is 6.02. The number of carbonyl (C=O) groups is 2. The van der Waals surface area contributed by atoms with Crippen LogP contribution in [0.15, 0.2) is 30.3 Å². The van der Waals surface area contributed by atoms with Crippen molar-refractivity contribution in [2.45, 2.75) is 32.8 Å². The normalized spacial score (nSPS) is 18.1. The van der Waals surface area contributed by atoms with E-state index < -0.39 is 0 Å². The zero-order chi connectivity index (χ0) is 22.6. The minimum absolute atomic E-state index is 0.0156. The van der Waals surface area contributed by atoms with Crippen LogP contribution in [-0.2, 0) is 18.3 Å². The maximum Gasteiger partial charge on any atom is 0.254 e. The summed E-state index contributed by atoms with van der Waals surface area (Å²) in [5.74, 6) is 1.40. The average Bonchev–Trinajstić information content (AvgIpc) is 3.05. The molecule has 7 heteroatoms. The Kier molecular flexibility index (Phi) is 4.92. The van der Waals surface area contributed by atoms with Crippen LogP contribution in [0.25, 0.3) is 11.0 Å². The summed E-state index contributed by atoms with van der Waals surface area (Å²) < 4.78 is 8.57. The smallest absolute Gasteiger partial charge is 0.254 e. The number of nitrogens with zero attached hydrogens (tertiary/aromatic N) is 3. The van der Waals surface area contributed by atoms with E-state index in [0.717, 1.165) is 41.0 Å². The van der Waals surface area contributed by atoms with E-state index >= 15 is 0 Å². The molecule has 2 aliphatic heterocycles. The van der Waals surface area contributed by atoms with Crippen LogP contribution in [0, 0.1) is 19.8 Å². The fourth-order valence-corrected chi connectivity index (χ4v) is 4.84. The van der Waals surface area contributed by atoms with Gasteiger partial charge in [0, 0.05) is 38.3 Å². The SMILES string of the molecule is CNC(=O)C1CN(C(=O)c2cc3c(nc(C)n3C)c3c2CC[C@@H](c2ccccc2C)O3)C1. The lowest BCUT2D eigenvalue weighted by Crippen LogP contribution is -2.55. The standard InChI is InChI=1S/C25H28N4O3/c1-14-7-5-6-8-17(14)21-10-9-18-19(25(31)29-12-16(13-29)24(30)26-3)11-20-22(23(18)32-21)27-15(2)28(20)4/h5-8,11,16,21H,9-10,12-13H2,1-4H3,(H,26,30)/t21-/m0/s1. The van der Waals surface area contributed by atoms with E-state index in [-0.39, 0.29) is 23.8 Å². The highest BCUT2D eigenvalue weighted by Crippen LogP contribution is 2.42. The summed E-state index contributed by atoms with van der Waals surface area (Å²) in [6.45, 7) is 4.95. The number of hydrogen-bond acceptors (Lipinski definition) is 4. The zero-order valence-corrected chi connectivity index (χ0v) is 18.9. The summed E-state index contributed by atoms with van der Waals surface area (Å²) >= 11 is 0. The molecule has 1 fully saturated rings. The highest BCUT2D eigenvalue weighted by Gasteiger charge is 2.38. The molecule has 166 valence electrons. The number of benzene rings is 2. The summed E-state index contributed by atoms with van der Waals surface area (Å²) in [5.41, 5.74) is 5.65. The number of rotatable bonds is 3. The zero-order valence-electron chi connectivity index (χ0n) is 18.9. The molecule has 0 spiro atoms. The number of fused-ring (bicyclic) bond motifs is 3. The molecule has 2 aromatic carbocycles. The fraction of sp³-hybridized carbons (Fsp3) is 0.400.